The quantitative estimate of drug-likeness (QED) is 0.792. The molecule has 1 aliphatic heterocycles. The molecule has 0 N–H and O–H groups in total. The van der Waals surface area contributed by atoms with Gasteiger partial charge < -0.3 is 0 Å². The van der Waals surface area contributed by atoms with Gasteiger partial charge in [0, 0.05) is 25.6 Å². The van der Waals surface area contributed by atoms with E-state index in [1.165, 1.54) is 10.0 Å². The van der Waals surface area contributed by atoms with Crippen molar-refractivity contribution in [2.24, 2.45) is 5.92 Å². The summed E-state index contributed by atoms with van der Waals surface area (Å²) in [5, 5.41) is 0. The van der Waals surface area contributed by atoms with Crippen LogP contribution < -0.4 is 0 Å². The van der Waals surface area contributed by atoms with Gasteiger partial charge in [-0.15, -0.1) is 0 Å². The van der Waals surface area contributed by atoms with E-state index in [1.807, 2.05) is 0 Å². The molecule has 2 rings (SSSR count). The number of hydrogen-bond acceptors (Lipinski definition) is 1. The third-order valence-electron chi connectivity index (χ3n) is 2.80. The summed E-state index contributed by atoms with van der Waals surface area (Å²) in [5.74, 6) is 0.627. The van der Waals surface area contributed by atoms with E-state index in [0.717, 1.165) is 19.6 Å². The molecule has 1 aromatic rings. The maximum atomic E-state index is 3.60. The van der Waals surface area contributed by atoms with Crippen LogP contribution in [0.5, 0.6) is 0 Å². The van der Waals surface area contributed by atoms with Gasteiger partial charge in [-0.3, -0.25) is 4.90 Å². The molecule has 0 fully saturated rings. The number of nitrogens with zero attached hydrogens (tertiary/aromatic N) is 1. The molecule has 1 aromatic carbocycles. The zero-order valence-electron chi connectivity index (χ0n) is 8.99. The lowest BCUT2D eigenvalue weighted by molar-refractivity contribution is 0.257. The third-order valence-corrected chi connectivity index (χ3v) is 3.90. The van der Waals surface area contributed by atoms with Gasteiger partial charge in [0.25, 0.3) is 0 Å². The van der Waals surface area contributed by atoms with Gasteiger partial charge >= 0.3 is 0 Å². The highest BCUT2D eigenvalue weighted by atomic mass is 79.9. The van der Waals surface area contributed by atoms with Crippen molar-refractivity contribution < 1.29 is 0 Å². The highest BCUT2D eigenvalue weighted by Crippen LogP contribution is 2.23. The first kappa shape index (κ1) is 10.9. The molecule has 0 saturated carbocycles. The molecule has 80 valence electrons. The van der Waals surface area contributed by atoms with Crippen LogP contribution in [0, 0.1) is 5.92 Å². The summed E-state index contributed by atoms with van der Waals surface area (Å²) < 4.78 is 1.35. The predicted octanol–water partition coefficient (Wildman–Crippen LogP) is 3.42. The Morgan fingerprint density at radius 1 is 1.33 bits per heavy atom. The fourth-order valence-corrected chi connectivity index (χ4v) is 2.23. The second kappa shape index (κ2) is 4.95. The summed E-state index contributed by atoms with van der Waals surface area (Å²) in [6.45, 7) is 5.52. The Labute approximate surface area is 99.9 Å². The summed E-state index contributed by atoms with van der Waals surface area (Å²) >= 11 is 3.60. The lowest BCUT2D eigenvalue weighted by Gasteiger charge is -2.29. The van der Waals surface area contributed by atoms with Gasteiger partial charge in [0.2, 0.25) is 0 Å². The number of hydrogen-bond donors (Lipinski definition) is 0. The minimum atomic E-state index is 0.627. The van der Waals surface area contributed by atoms with Crippen LogP contribution in [0.15, 0.2) is 40.9 Å². The average Bonchev–Trinajstić information content (AvgIpc) is 2.25. The van der Waals surface area contributed by atoms with Crippen molar-refractivity contribution in [2.45, 2.75) is 13.5 Å². The Morgan fingerprint density at radius 3 is 2.73 bits per heavy atom. The van der Waals surface area contributed by atoms with Crippen LogP contribution in [-0.2, 0) is 6.54 Å². The lowest BCUT2D eigenvalue weighted by Crippen LogP contribution is -2.32. The largest absolute Gasteiger partial charge is 0.295 e. The second-order valence-corrected chi connectivity index (χ2v) is 5.09. The molecule has 0 radical (unpaired) electrons. The van der Waals surface area contributed by atoms with E-state index in [0.29, 0.717) is 5.92 Å². The van der Waals surface area contributed by atoms with Crippen molar-refractivity contribution in [2.75, 3.05) is 13.1 Å². The van der Waals surface area contributed by atoms with Crippen molar-refractivity contribution in [3.05, 3.63) is 46.5 Å². The van der Waals surface area contributed by atoms with Gasteiger partial charge in [-0.1, -0.05) is 59.3 Å². The summed E-state index contributed by atoms with van der Waals surface area (Å²) in [4.78, 5) is 2.48. The number of halogens is 1. The Morgan fingerprint density at radius 2 is 2.07 bits per heavy atom. The molecule has 0 aromatic heterocycles. The van der Waals surface area contributed by atoms with Crippen LogP contribution in [0.1, 0.15) is 12.5 Å². The molecule has 2 heteroatoms. The predicted molar refractivity (Wildman–Crippen MR) is 67.9 cm³/mol. The third kappa shape index (κ3) is 2.93. The molecule has 1 heterocycles. The second-order valence-electron chi connectivity index (χ2n) is 4.17. The van der Waals surface area contributed by atoms with Crippen molar-refractivity contribution in [1.82, 2.24) is 4.90 Å². The molecular formula is C13H16BrN. The fraction of sp³-hybridized carbons (Fsp3) is 0.385. The maximum Gasteiger partial charge on any atom is 0.0237 e. The van der Waals surface area contributed by atoms with E-state index in [2.05, 4.69) is 64.2 Å². The summed E-state index contributed by atoms with van der Waals surface area (Å²) in [7, 11) is 0. The van der Waals surface area contributed by atoms with E-state index in [1.54, 1.807) is 0 Å². The Hall–Kier alpha value is -0.600. The van der Waals surface area contributed by atoms with Gasteiger partial charge in [-0.2, -0.15) is 0 Å². The summed E-state index contributed by atoms with van der Waals surface area (Å²) in [6, 6.07) is 10.7. The average molecular weight is 266 g/mol. The van der Waals surface area contributed by atoms with Crippen molar-refractivity contribution in [3.8, 4) is 0 Å². The Balaban J connectivity index is 1.98. The maximum absolute atomic E-state index is 3.60. The van der Waals surface area contributed by atoms with E-state index in [-0.39, 0.29) is 0 Å². The van der Waals surface area contributed by atoms with Gasteiger partial charge in [0.1, 0.15) is 0 Å². The Bertz CT molecular complexity index is 345. The topological polar surface area (TPSA) is 3.24 Å². The monoisotopic (exact) mass is 265 g/mol. The van der Waals surface area contributed by atoms with Crippen LogP contribution in [0.3, 0.4) is 0 Å². The molecule has 0 saturated heterocycles. The van der Waals surface area contributed by atoms with Crippen molar-refractivity contribution >= 4 is 15.9 Å². The number of benzene rings is 1. The van der Waals surface area contributed by atoms with Crippen LogP contribution in [-0.4, -0.2) is 18.0 Å². The standard InChI is InChI=1S/C13H16BrN/c1-11-9-15(8-7-13(11)14)10-12-5-3-2-4-6-12/h2-7,11H,8-10H2,1H3/t11-/m0/s1. The fourth-order valence-electron chi connectivity index (χ4n) is 1.94. The first-order valence-corrected chi connectivity index (χ1v) is 6.17. The normalized spacial score (nSPS) is 22.5. The van der Waals surface area contributed by atoms with Crippen molar-refractivity contribution in [3.63, 3.8) is 0 Å². The highest BCUT2D eigenvalue weighted by molar-refractivity contribution is 9.11. The van der Waals surface area contributed by atoms with Gasteiger partial charge in [0.15, 0.2) is 0 Å². The van der Waals surface area contributed by atoms with E-state index >= 15 is 0 Å². The molecule has 1 nitrogen and oxygen atoms in total. The molecule has 15 heavy (non-hydrogen) atoms. The molecule has 0 amide bonds. The summed E-state index contributed by atoms with van der Waals surface area (Å²) in [6.07, 6.45) is 2.27. The lowest BCUT2D eigenvalue weighted by atomic mass is 10.1. The SMILES string of the molecule is C[C@H]1CN(Cc2ccccc2)CC=C1Br. The minimum absolute atomic E-state index is 0.627. The molecule has 1 aliphatic rings. The van der Waals surface area contributed by atoms with Gasteiger partial charge in [-0.25, -0.2) is 0 Å². The molecule has 0 bridgehead atoms. The van der Waals surface area contributed by atoms with E-state index < -0.39 is 0 Å². The summed E-state index contributed by atoms with van der Waals surface area (Å²) in [5.41, 5.74) is 1.40. The first-order valence-electron chi connectivity index (χ1n) is 5.37. The van der Waals surface area contributed by atoms with Crippen LogP contribution in [0.2, 0.25) is 0 Å². The Kier molecular flexibility index (Phi) is 3.60. The zero-order valence-corrected chi connectivity index (χ0v) is 10.6. The van der Waals surface area contributed by atoms with Crippen LogP contribution in [0.25, 0.3) is 0 Å². The molecular weight excluding hydrogens is 250 g/mol. The molecule has 0 aliphatic carbocycles. The van der Waals surface area contributed by atoms with E-state index in [9.17, 15) is 0 Å². The molecule has 0 unspecified atom stereocenters. The number of rotatable bonds is 2. The highest BCUT2D eigenvalue weighted by Gasteiger charge is 2.16. The van der Waals surface area contributed by atoms with Gasteiger partial charge in [-0.05, 0) is 10.0 Å². The van der Waals surface area contributed by atoms with Crippen LogP contribution in [0.4, 0.5) is 0 Å². The minimum Gasteiger partial charge on any atom is -0.295 e. The first-order chi connectivity index (χ1) is 7.25. The van der Waals surface area contributed by atoms with Crippen molar-refractivity contribution in [1.29, 1.82) is 0 Å². The molecule has 0 spiro atoms. The van der Waals surface area contributed by atoms with Gasteiger partial charge in [0.05, 0.1) is 0 Å². The van der Waals surface area contributed by atoms with E-state index in [4.69, 9.17) is 0 Å². The smallest absolute Gasteiger partial charge is 0.0237 e. The zero-order chi connectivity index (χ0) is 10.7. The molecule has 1 atom stereocenters. The van der Waals surface area contributed by atoms with Crippen LogP contribution >= 0.6 is 15.9 Å².